The van der Waals surface area contributed by atoms with Crippen LogP contribution < -0.4 is 0 Å². The third kappa shape index (κ3) is 3.09. The maximum absolute atomic E-state index is 12.3. The number of phenols is 2. The molecule has 0 saturated heterocycles. The van der Waals surface area contributed by atoms with E-state index in [1.165, 1.54) is 18.2 Å². The van der Waals surface area contributed by atoms with Crippen molar-refractivity contribution >= 4 is 5.91 Å². The third-order valence-corrected chi connectivity index (χ3v) is 3.16. The van der Waals surface area contributed by atoms with Gasteiger partial charge in [0.15, 0.2) is 0 Å². The molecule has 4 nitrogen and oxygen atoms in total. The second kappa shape index (κ2) is 5.65. The number of carbonyl (C=O) groups is 1. The Morgan fingerprint density at radius 2 is 1.70 bits per heavy atom. The monoisotopic (exact) mass is 271 g/mol. The second-order valence-electron chi connectivity index (χ2n) is 4.83. The highest BCUT2D eigenvalue weighted by molar-refractivity contribution is 5.94. The van der Waals surface area contributed by atoms with Crippen molar-refractivity contribution in [2.45, 2.75) is 13.5 Å². The van der Waals surface area contributed by atoms with Gasteiger partial charge in [-0.15, -0.1) is 0 Å². The summed E-state index contributed by atoms with van der Waals surface area (Å²) in [7, 11) is 1.69. The first-order valence-electron chi connectivity index (χ1n) is 6.30. The Labute approximate surface area is 117 Å². The summed E-state index contributed by atoms with van der Waals surface area (Å²) in [5.41, 5.74) is 2.44. The molecule has 0 spiro atoms. The molecule has 0 atom stereocenters. The fourth-order valence-electron chi connectivity index (χ4n) is 2.05. The molecule has 0 aliphatic carbocycles. The van der Waals surface area contributed by atoms with Crippen LogP contribution in [0.15, 0.2) is 42.5 Å². The van der Waals surface area contributed by atoms with Crippen molar-refractivity contribution in [2.24, 2.45) is 0 Å². The molecule has 104 valence electrons. The Morgan fingerprint density at radius 1 is 1.10 bits per heavy atom. The molecule has 1 amide bonds. The van der Waals surface area contributed by atoms with Crippen LogP contribution in [0.25, 0.3) is 0 Å². The zero-order valence-electron chi connectivity index (χ0n) is 11.5. The molecule has 2 rings (SSSR count). The lowest BCUT2D eigenvalue weighted by Gasteiger charge is -2.18. The normalized spacial score (nSPS) is 10.3. The predicted molar refractivity (Wildman–Crippen MR) is 76.7 cm³/mol. The van der Waals surface area contributed by atoms with Gasteiger partial charge >= 0.3 is 0 Å². The summed E-state index contributed by atoms with van der Waals surface area (Å²) in [6.07, 6.45) is 0. The van der Waals surface area contributed by atoms with Gasteiger partial charge in [0, 0.05) is 25.2 Å². The average molecular weight is 271 g/mol. The number of rotatable bonds is 3. The summed E-state index contributed by atoms with van der Waals surface area (Å²) >= 11 is 0. The Kier molecular flexibility index (Phi) is 3.94. The number of aromatic hydroxyl groups is 2. The van der Waals surface area contributed by atoms with Crippen LogP contribution in [0, 0.1) is 6.92 Å². The minimum Gasteiger partial charge on any atom is -0.508 e. The molecule has 0 aliphatic rings. The molecular formula is C16H17NO3. The Balaban J connectivity index is 2.18. The maximum atomic E-state index is 12.3. The Hall–Kier alpha value is -2.49. The van der Waals surface area contributed by atoms with E-state index in [-0.39, 0.29) is 23.0 Å². The summed E-state index contributed by atoms with van der Waals surface area (Å²) in [4.78, 5) is 13.8. The van der Waals surface area contributed by atoms with Gasteiger partial charge in [0.05, 0.1) is 0 Å². The molecule has 0 saturated carbocycles. The van der Waals surface area contributed by atoms with Crippen LogP contribution in [0.5, 0.6) is 11.5 Å². The van der Waals surface area contributed by atoms with Gasteiger partial charge in [0.25, 0.3) is 5.91 Å². The van der Waals surface area contributed by atoms with Crippen LogP contribution in [-0.2, 0) is 6.54 Å². The minimum absolute atomic E-state index is 0.127. The van der Waals surface area contributed by atoms with E-state index in [2.05, 4.69) is 0 Å². The van der Waals surface area contributed by atoms with Gasteiger partial charge in [-0.2, -0.15) is 0 Å². The number of carbonyl (C=O) groups excluding carboxylic acids is 1. The van der Waals surface area contributed by atoms with E-state index in [1.807, 2.05) is 31.2 Å². The van der Waals surface area contributed by atoms with E-state index in [4.69, 9.17) is 0 Å². The van der Waals surface area contributed by atoms with Crippen LogP contribution in [0.4, 0.5) is 0 Å². The topological polar surface area (TPSA) is 60.8 Å². The number of hydrogen-bond acceptors (Lipinski definition) is 3. The molecule has 20 heavy (non-hydrogen) atoms. The van der Waals surface area contributed by atoms with Crippen molar-refractivity contribution in [3.63, 3.8) is 0 Å². The van der Waals surface area contributed by atoms with Gasteiger partial charge in [-0.05, 0) is 30.2 Å². The van der Waals surface area contributed by atoms with E-state index in [0.29, 0.717) is 6.54 Å². The molecule has 0 radical (unpaired) electrons. The number of aryl methyl sites for hydroxylation is 1. The Bertz CT molecular complexity index is 617. The van der Waals surface area contributed by atoms with Gasteiger partial charge in [-0.3, -0.25) is 4.79 Å². The first-order valence-corrected chi connectivity index (χ1v) is 6.30. The SMILES string of the molecule is Cc1ccccc1CN(C)C(=O)c1cc(O)cc(O)c1. The van der Waals surface area contributed by atoms with E-state index in [1.54, 1.807) is 11.9 Å². The quantitative estimate of drug-likeness (QED) is 0.902. The largest absolute Gasteiger partial charge is 0.508 e. The molecule has 0 bridgehead atoms. The van der Waals surface area contributed by atoms with Crippen LogP contribution in [-0.4, -0.2) is 28.1 Å². The zero-order chi connectivity index (χ0) is 14.7. The van der Waals surface area contributed by atoms with Gasteiger partial charge in [0.2, 0.25) is 0 Å². The van der Waals surface area contributed by atoms with Crippen molar-refractivity contribution in [1.82, 2.24) is 4.90 Å². The molecule has 2 N–H and O–H groups in total. The third-order valence-electron chi connectivity index (χ3n) is 3.16. The standard InChI is InChI=1S/C16H17NO3/c1-11-5-3-4-6-12(11)10-17(2)16(20)13-7-14(18)9-15(19)8-13/h3-9,18-19H,10H2,1-2H3. The zero-order valence-corrected chi connectivity index (χ0v) is 11.5. The molecule has 4 heteroatoms. The number of benzene rings is 2. The maximum Gasteiger partial charge on any atom is 0.254 e. The number of amides is 1. The second-order valence-corrected chi connectivity index (χ2v) is 4.83. The minimum atomic E-state index is -0.251. The average Bonchev–Trinajstić information content (AvgIpc) is 2.39. The molecule has 0 aromatic heterocycles. The molecule has 2 aromatic carbocycles. The van der Waals surface area contributed by atoms with Gasteiger partial charge in [-0.1, -0.05) is 24.3 Å². The molecular weight excluding hydrogens is 254 g/mol. The number of nitrogens with zero attached hydrogens (tertiary/aromatic N) is 1. The molecule has 0 aliphatic heterocycles. The van der Waals surface area contributed by atoms with E-state index in [0.717, 1.165) is 11.1 Å². The van der Waals surface area contributed by atoms with Crippen molar-refractivity contribution in [1.29, 1.82) is 0 Å². The lowest BCUT2D eigenvalue weighted by atomic mass is 10.1. The smallest absolute Gasteiger partial charge is 0.254 e. The van der Waals surface area contributed by atoms with E-state index < -0.39 is 0 Å². The van der Waals surface area contributed by atoms with Gasteiger partial charge in [0.1, 0.15) is 11.5 Å². The summed E-state index contributed by atoms with van der Waals surface area (Å²) < 4.78 is 0. The molecule has 0 heterocycles. The van der Waals surface area contributed by atoms with Crippen molar-refractivity contribution in [3.8, 4) is 11.5 Å². The van der Waals surface area contributed by atoms with E-state index in [9.17, 15) is 15.0 Å². The van der Waals surface area contributed by atoms with Crippen molar-refractivity contribution in [2.75, 3.05) is 7.05 Å². The lowest BCUT2D eigenvalue weighted by Crippen LogP contribution is -2.26. The first-order chi connectivity index (χ1) is 9.47. The predicted octanol–water partition coefficient (Wildman–Crippen LogP) is 2.68. The number of phenolic OH excluding ortho intramolecular Hbond substituents is 2. The van der Waals surface area contributed by atoms with Crippen LogP contribution in [0.1, 0.15) is 21.5 Å². The fraction of sp³-hybridized carbons (Fsp3) is 0.188. The highest BCUT2D eigenvalue weighted by Gasteiger charge is 2.14. The van der Waals surface area contributed by atoms with E-state index >= 15 is 0 Å². The highest BCUT2D eigenvalue weighted by atomic mass is 16.3. The highest BCUT2D eigenvalue weighted by Crippen LogP contribution is 2.22. The van der Waals surface area contributed by atoms with Crippen LogP contribution in [0.2, 0.25) is 0 Å². The molecule has 2 aromatic rings. The summed E-state index contributed by atoms with van der Waals surface area (Å²) in [5.74, 6) is -0.505. The summed E-state index contributed by atoms with van der Waals surface area (Å²) in [6.45, 7) is 2.47. The Morgan fingerprint density at radius 3 is 2.30 bits per heavy atom. The summed E-state index contributed by atoms with van der Waals surface area (Å²) in [5, 5.41) is 18.9. The van der Waals surface area contributed by atoms with Crippen LogP contribution in [0.3, 0.4) is 0 Å². The fourth-order valence-corrected chi connectivity index (χ4v) is 2.05. The molecule has 0 unspecified atom stereocenters. The lowest BCUT2D eigenvalue weighted by molar-refractivity contribution is 0.0784. The summed E-state index contributed by atoms with van der Waals surface area (Å²) in [6, 6.07) is 11.7. The number of hydrogen-bond donors (Lipinski definition) is 2. The van der Waals surface area contributed by atoms with Crippen molar-refractivity contribution in [3.05, 3.63) is 59.2 Å². The van der Waals surface area contributed by atoms with Crippen molar-refractivity contribution < 1.29 is 15.0 Å². The van der Waals surface area contributed by atoms with Gasteiger partial charge < -0.3 is 15.1 Å². The first kappa shape index (κ1) is 13.9. The molecule has 0 fully saturated rings. The van der Waals surface area contributed by atoms with Gasteiger partial charge in [-0.25, -0.2) is 0 Å². The van der Waals surface area contributed by atoms with Crippen LogP contribution >= 0.6 is 0 Å².